The van der Waals surface area contributed by atoms with Gasteiger partial charge in [-0.3, -0.25) is 4.79 Å². The van der Waals surface area contributed by atoms with E-state index in [1.807, 2.05) is 13.0 Å². The summed E-state index contributed by atoms with van der Waals surface area (Å²) in [5, 5.41) is 19.1. The number of aromatic hydroxyl groups is 2. The zero-order chi connectivity index (χ0) is 16.1. The molecule has 2 aromatic carbocycles. The van der Waals surface area contributed by atoms with E-state index in [4.69, 9.17) is 4.74 Å². The van der Waals surface area contributed by atoms with E-state index in [0.717, 1.165) is 41.6 Å². The number of ether oxygens (including phenoxy) is 1. The second kappa shape index (κ2) is 6.98. The minimum atomic E-state index is 0.0583. The highest BCUT2D eigenvalue weighted by Crippen LogP contribution is 2.28. The third kappa shape index (κ3) is 3.39. The summed E-state index contributed by atoms with van der Waals surface area (Å²) in [6, 6.07) is 8.35. The summed E-state index contributed by atoms with van der Waals surface area (Å²) in [4.78, 5) is 11.0. The molecule has 22 heavy (non-hydrogen) atoms. The van der Waals surface area contributed by atoms with Crippen LogP contribution in [0.2, 0.25) is 0 Å². The normalized spacial score (nSPS) is 10.5. The monoisotopic (exact) mass is 300 g/mol. The van der Waals surface area contributed by atoms with Gasteiger partial charge in [0.05, 0.1) is 7.11 Å². The maximum absolute atomic E-state index is 11.0. The number of methoxy groups -OCH3 is 1. The Hall–Kier alpha value is -2.49. The zero-order valence-corrected chi connectivity index (χ0v) is 12.8. The highest BCUT2D eigenvalue weighted by atomic mass is 16.5. The average molecular weight is 300 g/mol. The van der Waals surface area contributed by atoms with Gasteiger partial charge in [0.2, 0.25) is 0 Å². The Morgan fingerprint density at radius 2 is 1.77 bits per heavy atom. The van der Waals surface area contributed by atoms with E-state index in [-0.39, 0.29) is 11.5 Å². The topological polar surface area (TPSA) is 66.8 Å². The van der Waals surface area contributed by atoms with Crippen LogP contribution in [-0.2, 0) is 12.8 Å². The van der Waals surface area contributed by atoms with Crippen LogP contribution >= 0.6 is 0 Å². The highest BCUT2D eigenvalue weighted by molar-refractivity contribution is 5.79. The number of phenolic OH excluding ortho intramolecular Hbond substituents is 2. The van der Waals surface area contributed by atoms with Crippen LogP contribution in [0.4, 0.5) is 0 Å². The Kier molecular flexibility index (Phi) is 5.04. The van der Waals surface area contributed by atoms with Crippen LogP contribution < -0.4 is 4.74 Å². The van der Waals surface area contributed by atoms with Crippen molar-refractivity contribution in [1.82, 2.24) is 0 Å². The molecule has 0 radical (unpaired) electrons. The predicted molar refractivity (Wildman–Crippen MR) is 84.9 cm³/mol. The molecule has 0 saturated heterocycles. The lowest BCUT2D eigenvalue weighted by molar-refractivity contribution is 0.112. The molecule has 2 aromatic rings. The predicted octanol–water partition coefficient (Wildman–Crippen LogP) is 3.40. The highest BCUT2D eigenvalue weighted by Gasteiger charge is 2.10. The van der Waals surface area contributed by atoms with Crippen LogP contribution in [-0.4, -0.2) is 23.6 Å². The number of rotatable bonds is 6. The van der Waals surface area contributed by atoms with Gasteiger partial charge in [-0.2, -0.15) is 0 Å². The van der Waals surface area contributed by atoms with E-state index in [0.29, 0.717) is 12.0 Å². The van der Waals surface area contributed by atoms with E-state index in [2.05, 4.69) is 0 Å². The van der Waals surface area contributed by atoms with Crippen molar-refractivity contribution in [2.45, 2.75) is 26.2 Å². The lowest BCUT2D eigenvalue weighted by Gasteiger charge is -2.13. The number of aldehydes is 1. The summed E-state index contributed by atoms with van der Waals surface area (Å²) < 4.78 is 5.42. The minimum Gasteiger partial charge on any atom is -0.508 e. The molecule has 116 valence electrons. The zero-order valence-electron chi connectivity index (χ0n) is 12.8. The number of aryl methyl sites for hydroxylation is 2. The lowest BCUT2D eigenvalue weighted by atomic mass is 9.98. The Bertz CT molecular complexity index is 677. The smallest absolute Gasteiger partial charge is 0.150 e. The van der Waals surface area contributed by atoms with Gasteiger partial charge in [0.25, 0.3) is 0 Å². The van der Waals surface area contributed by atoms with Crippen LogP contribution in [0.1, 0.15) is 33.5 Å². The molecule has 0 heterocycles. The number of hydrogen-bond donors (Lipinski definition) is 2. The summed E-state index contributed by atoms with van der Waals surface area (Å²) in [7, 11) is 1.60. The van der Waals surface area contributed by atoms with Gasteiger partial charge in [-0.15, -0.1) is 0 Å². The SMILES string of the molecule is COc1c(CCCc2ccc(O)cc2O)ccc(C=O)c1C. The molecule has 4 nitrogen and oxygen atoms in total. The first-order valence-corrected chi connectivity index (χ1v) is 7.19. The Balaban J connectivity index is 2.08. The third-order valence-electron chi connectivity index (χ3n) is 3.82. The largest absolute Gasteiger partial charge is 0.508 e. The van der Waals surface area contributed by atoms with Crippen LogP contribution in [0.25, 0.3) is 0 Å². The van der Waals surface area contributed by atoms with Gasteiger partial charge in [-0.1, -0.05) is 18.2 Å². The first-order valence-electron chi connectivity index (χ1n) is 7.19. The van der Waals surface area contributed by atoms with Crippen molar-refractivity contribution in [2.24, 2.45) is 0 Å². The van der Waals surface area contributed by atoms with Crippen molar-refractivity contribution < 1.29 is 19.7 Å². The molecule has 0 amide bonds. The first kappa shape index (κ1) is 15.9. The summed E-state index contributed by atoms with van der Waals surface area (Å²) in [5.74, 6) is 0.918. The second-order valence-corrected chi connectivity index (χ2v) is 5.26. The molecule has 0 unspecified atom stereocenters. The number of carbonyl (C=O) groups excluding carboxylic acids is 1. The Labute approximate surface area is 130 Å². The molecule has 2 rings (SSSR count). The molecule has 0 aliphatic heterocycles. The van der Waals surface area contributed by atoms with Crippen LogP contribution in [0.15, 0.2) is 30.3 Å². The quantitative estimate of drug-likeness (QED) is 0.802. The molecule has 4 heteroatoms. The molecular formula is C18H20O4. The first-order chi connectivity index (χ1) is 10.6. The number of phenols is 2. The van der Waals surface area contributed by atoms with Gasteiger partial charge in [0.15, 0.2) is 0 Å². The fraction of sp³-hybridized carbons (Fsp3) is 0.278. The van der Waals surface area contributed by atoms with Crippen molar-refractivity contribution in [2.75, 3.05) is 7.11 Å². The van der Waals surface area contributed by atoms with Gasteiger partial charge in [-0.25, -0.2) is 0 Å². The molecule has 0 aromatic heterocycles. The molecule has 0 spiro atoms. The standard InChI is InChI=1S/C18H20O4/c1-12-15(11-19)7-6-14(18(12)22-2)5-3-4-13-8-9-16(20)10-17(13)21/h6-11,20-21H,3-5H2,1-2H3. The van der Waals surface area contributed by atoms with Gasteiger partial charge in [0.1, 0.15) is 23.5 Å². The van der Waals surface area contributed by atoms with Crippen molar-refractivity contribution in [3.8, 4) is 17.2 Å². The Morgan fingerprint density at radius 1 is 1.09 bits per heavy atom. The number of benzene rings is 2. The molecule has 0 fully saturated rings. The molecular weight excluding hydrogens is 280 g/mol. The molecule has 0 aliphatic carbocycles. The second-order valence-electron chi connectivity index (χ2n) is 5.26. The van der Waals surface area contributed by atoms with Crippen LogP contribution in [0.5, 0.6) is 17.2 Å². The molecule has 0 bridgehead atoms. The third-order valence-corrected chi connectivity index (χ3v) is 3.82. The van der Waals surface area contributed by atoms with E-state index in [1.165, 1.54) is 6.07 Å². The number of carbonyl (C=O) groups is 1. The van der Waals surface area contributed by atoms with E-state index >= 15 is 0 Å². The fourth-order valence-electron chi connectivity index (χ4n) is 2.60. The van der Waals surface area contributed by atoms with Gasteiger partial charge < -0.3 is 14.9 Å². The van der Waals surface area contributed by atoms with E-state index in [1.54, 1.807) is 25.3 Å². The summed E-state index contributed by atoms with van der Waals surface area (Å²) in [5.41, 5.74) is 3.33. The fourth-order valence-corrected chi connectivity index (χ4v) is 2.60. The Morgan fingerprint density at radius 3 is 2.41 bits per heavy atom. The summed E-state index contributed by atoms with van der Waals surface area (Å²) in [6.45, 7) is 1.87. The maximum atomic E-state index is 11.0. The lowest BCUT2D eigenvalue weighted by Crippen LogP contribution is -1.99. The van der Waals surface area contributed by atoms with E-state index in [9.17, 15) is 15.0 Å². The van der Waals surface area contributed by atoms with Crippen LogP contribution in [0, 0.1) is 6.92 Å². The van der Waals surface area contributed by atoms with E-state index < -0.39 is 0 Å². The van der Waals surface area contributed by atoms with Crippen LogP contribution in [0.3, 0.4) is 0 Å². The van der Waals surface area contributed by atoms with Crippen molar-refractivity contribution in [1.29, 1.82) is 0 Å². The number of hydrogen-bond acceptors (Lipinski definition) is 4. The molecule has 0 aliphatic rings. The maximum Gasteiger partial charge on any atom is 0.150 e. The van der Waals surface area contributed by atoms with Gasteiger partial charge in [0, 0.05) is 17.2 Å². The van der Waals surface area contributed by atoms with Gasteiger partial charge >= 0.3 is 0 Å². The summed E-state index contributed by atoms with van der Waals surface area (Å²) >= 11 is 0. The summed E-state index contributed by atoms with van der Waals surface area (Å²) in [6.07, 6.45) is 3.14. The average Bonchev–Trinajstić information content (AvgIpc) is 2.50. The molecule has 0 saturated carbocycles. The van der Waals surface area contributed by atoms with Crippen molar-refractivity contribution in [3.63, 3.8) is 0 Å². The molecule has 2 N–H and O–H groups in total. The van der Waals surface area contributed by atoms with Gasteiger partial charge in [-0.05, 0) is 43.4 Å². The van der Waals surface area contributed by atoms with Crippen molar-refractivity contribution >= 4 is 6.29 Å². The minimum absolute atomic E-state index is 0.0583. The molecule has 0 atom stereocenters. The van der Waals surface area contributed by atoms with Crippen molar-refractivity contribution in [3.05, 3.63) is 52.6 Å².